The van der Waals surface area contributed by atoms with Gasteiger partial charge in [0, 0.05) is 19.5 Å². The first kappa shape index (κ1) is 10.8. The van der Waals surface area contributed by atoms with Gasteiger partial charge in [-0.05, 0) is 13.3 Å². The molecule has 1 saturated heterocycles. The fourth-order valence-corrected chi connectivity index (χ4v) is 1.47. The van der Waals surface area contributed by atoms with Crippen LogP contribution in [0.2, 0.25) is 0 Å². The molecule has 0 saturated carbocycles. The minimum absolute atomic E-state index is 0.00213. The molecule has 1 atom stereocenters. The van der Waals surface area contributed by atoms with E-state index in [2.05, 4.69) is 11.9 Å². The Balaban J connectivity index is 2.60. The molecule has 0 aromatic rings. The summed E-state index contributed by atoms with van der Waals surface area (Å²) >= 11 is 0. The average Bonchev–Trinajstić information content (AvgIpc) is 2.26. The van der Waals surface area contributed by atoms with E-state index in [0.29, 0.717) is 19.5 Å². The number of amides is 2. The van der Waals surface area contributed by atoms with Gasteiger partial charge in [0.25, 0.3) is 0 Å². The quantitative estimate of drug-likeness (QED) is 0.660. The maximum atomic E-state index is 11.7. The Morgan fingerprint density at radius 1 is 1.64 bits per heavy atom. The van der Waals surface area contributed by atoms with E-state index in [0.717, 1.165) is 6.42 Å². The Morgan fingerprint density at radius 2 is 2.36 bits per heavy atom. The van der Waals surface area contributed by atoms with Gasteiger partial charge in [-0.15, -0.1) is 6.58 Å². The normalized spacial score (nSPS) is 22.9. The van der Waals surface area contributed by atoms with Crippen molar-refractivity contribution in [1.82, 2.24) is 10.2 Å². The summed E-state index contributed by atoms with van der Waals surface area (Å²) in [6, 6.07) is -0.394. The number of nitrogens with zero attached hydrogens (tertiary/aromatic N) is 1. The van der Waals surface area contributed by atoms with E-state index in [1.165, 1.54) is 0 Å². The summed E-state index contributed by atoms with van der Waals surface area (Å²) in [6.45, 7) is 6.49. The second-order valence-corrected chi connectivity index (χ2v) is 3.44. The van der Waals surface area contributed by atoms with Crippen molar-refractivity contribution in [3.05, 3.63) is 12.7 Å². The number of carbonyl (C=O) groups excluding carboxylic acids is 2. The molecule has 1 fully saturated rings. The Kier molecular flexibility index (Phi) is 3.68. The van der Waals surface area contributed by atoms with Gasteiger partial charge in [0.2, 0.25) is 11.8 Å². The van der Waals surface area contributed by atoms with Crippen LogP contribution in [-0.4, -0.2) is 35.8 Å². The Morgan fingerprint density at radius 3 is 3.00 bits per heavy atom. The zero-order valence-electron chi connectivity index (χ0n) is 8.45. The molecule has 1 aliphatic heterocycles. The molecular formula is C10H16N2O2. The highest BCUT2D eigenvalue weighted by molar-refractivity contribution is 5.89. The fraction of sp³-hybridized carbons (Fsp3) is 0.600. The van der Waals surface area contributed by atoms with Crippen molar-refractivity contribution in [1.29, 1.82) is 0 Å². The highest BCUT2D eigenvalue weighted by Gasteiger charge is 2.25. The minimum Gasteiger partial charge on any atom is -0.345 e. The smallest absolute Gasteiger partial charge is 0.244 e. The van der Waals surface area contributed by atoms with Crippen LogP contribution < -0.4 is 5.32 Å². The molecule has 0 aliphatic carbocycles. The van der Waals surface area contributed by atoms with Crippen molar-refractivity contribution < 1.29 is 9.59 Å². The molecule has 1 rings (SSSR count). The van der Waals surface area contributed by atoms with Gasteiger partial charge in [-0.25, -0.2) is 0 Å². The van der Waals surface area contributed by atoms with Crippen LogP contribution in [0.25, 0.3) is 0 Å². The number of hydrogen-bond donors (Lipinski definition) is 1. The van der Waals surface area contributed by atoms with Crippen molar-refractivity contribution >= 4 is 11.8 Å². The van der Waals surface area contributed by atoms with Gasteiger partial charge in [-0.2, -0.15) is 0 Å². The summed E-state index contributed by atoms with van der Waals surface area (Å²) < 4.78 is 0. The van der Waals surface area contributed by atoms with Gasteiger partial charge >= 0.3 is 0 Å². The minimum atomic E-state index is -0.394. The van der Waals surface area contributed by atoms with E-state index >= 15 is 0 Å². The van der Waals surface area contributed by atoms with Crippen LogP contribution in [0.4, 0.5) is 0 Å². The fourth-order valence-electron chi connectivity index (χ4n) is 1.47. The van der Waals surface area contributed by atoms with Crippen LogP contribution in [0, 0.1) is 0 Å². The maximum Gasteiger partial charge on any atom is 0.244 e. The predicted octanol–water partition coefficient (Wildman–Crippen LogP) is 0.299. The molecule has 0 aromatic heterocycles. The lowest BCUT2D eigenvalue weighted by Gasteiger charge is -2.21. The van der Waals surface area contributed by atoms with E-state index < -0.39 is 6.04 Å². The van der Waals surface area contributed by atoms with E-state index in [4.69, 9.17) is 0 Å². The van der Waals surface area contributed by atoms with Crippen molar-refractivity contribution in [2.24, 2.45) is 0 Å². The number of carbonyl (C=O) groups is 2. The highest BCUT2D eigenvalue weighted by atomic mass is 16.2. The third-order valence-corrected chi connectivity index (χ3v) is 2.27. The van der Waals surface area contributed by atoms with Crippen molar-refractivity contribution in [3.8, 4) is 0 Å². The van der Waals surface area contributed by atoms with Gasteiger partial charge in [-0.3, -0.25) is 9.59 Å². The number of nitrogens with one attached hydrogen (secondary N) is 1. The lowest BCUT2D eigenvalue weighted by atomic mass is 10.3. The van der Waals surface area contributed by atoms with Gasteiger partial charge in [-0.1, -0.05) is 6.08 Å². The molecule has 0 spiro atoms. The number of hydrogen-bond acceptors (Lipinski definition) is 2. The molecule has 78 valence electrons. The first-order valence-corrected chi connectivity index (χ1v) is 4.84. The Hall–Kier alpha value is -1.32. The zero-order chi connectivity index (χ0) is 10.6. The second-order valence-electron chi connectivity index (χ2n) is 3.44. The van der Waals surface area contributed by atoms with E-state index in [1.54, 1.807) is 17.9 Å². The topological polar surface area (TPSA) is 49.4 Å². The Labute approximate surface area is 84.0 Å². The van der Waals surface area contributed by atoms with Gasteiger partial charge in [0.1, 0.15) is 6.04 Å². The highest BCUT2D eigenvalue weighted by Crippen LogP contribution is 2.04. The van der Waals surface area contributed by atoms with Crippen LogP contribution in [0.1, 0.15) is 19.8 Å². The molecule has 1 aliphatic rings. The monoisotopic (exact) mass is 196 g/mol. The van der Waals surface area contributed by atoms with Crippen molar-refractivity contribution in [3.63, 3.8) is 0 Å². The third kappa shape index (κ3) is 2.58. The predicted molar refractivity (Wildman–Crippen MR) is 53.6 cm³/mol. The summed E-state index contributed by atoms with van der Waals surface area (Å²) in [5.41, 5.74) is 0. The molecule has 4 heteroatoms. The van der Waals surface area contributed by atoms with Crippen molar-refractivity contribution in [2.45, 2.75) is 25.8 Å². The van der Waals surface area contributed by atoms with Crippen LogP contribution in [0.5, 0.6) is 0 Å². The largest absolute Gasteiger partial charge is 0.345 e. The number of rotatable bonds is 3. The second kappa shape index (κ2) is 4.79. The van der Waals surface area contributed by atoms with Gasteiger partial charge < -0.3 is 10.2 Å². The molecular weight excluding hydrogens is 180 g/mol. The standard InChI is InChI=1S/C10H16N2O2/c1-3-4-6-12-7-5-9(13)11-8(2)10(12)14/h3,8H,1,4-7H2,2H3,(H,11,13). The van der Waals surface area contributed by atoms with Crippen LogP contribution in [0.3, 0.4) is 0 Å². The third-order valence-electron chi connectivity index (χ3n) is 2.27. The average molecular weight is 196 g/mol. The summed E-state index contributed by atoms with van der Waals surface area (Å²) in [5, 5.41) is 2.64. The first-order valence-electron chi connectivity index (χ1n) is 4.84. The van der Waals surface area contributed by atoms with Crippen LogP contribution in [-0.2, 0) is 9.59 Å². The summed E-state index contributed by atoms with van der Waals surface area (Å²) in [4.78, 5) is 24.5. The molecule has 1 unspecified atom stereocenters. The SMILES string of the molecule is C=CCCN1CCC(=O)NC(C)C1=O. The van der Waals surface area contributed by atoms with Crippen molar-refractivity contribution in [2.75, 3.05) is 13.1 Å². The molecule has 0 bridgehead atoms. The molecule has 1 heterocycles. The molecule has 1 N–H and O–H groups in total. The molecule has 14 heavy (non-hydrogen) atoms. The molecule has 2 amide bonds. The van der Waals surface area contributed by atoms with Gasteiger partial charge in [0.05, 0.1) is 0 Å². The molecule has 0 aromatic carbocycles. The van der Waals surface area contributed by atoms with Gasteiger partial charge in [0.15, 0.2) is 0 Å². The zero-order valence-corrected chi connectivity index (χ0v) is 8.45. The summed E-state index contributed by atoms with van der Waals surface area (Å²) in [5.74, 6) is -0.0512. The first-order chi connectivity index (χ1) is 6.65. The Bertz CT molecular complexity index is 251. The summed E-state index contributed by atoms with van der Waals surface area (Å²) in [6.07, 6.45) is 2.94. The summed E-state index contributed by atoms with van der Waals surface area (Å²) in [7, 11) is 0. The van der Waals surface area contributed by atoms with Crippen LogP contribution in [0.15, 0.2) is 12.7 Å². The maximum absolute atomic E-state index is 11.7. The molecule has 0 radical (unpaired) electrons. The van der Waals surface area contributed by atoms with Crippen LogP contribution >= 0.6 is 0 Å². The van der Waals surface area contributed by atoms with E-state index in [-0.39, 0.29) is 11.8 Å². The lowest BCUT2D eigenvalue weighted by molar-refractivity contribution is -0.133. The molecule has 4 nitrogen and oxygen atoms in total. The van der Waals surface area contributed by atoms with E-state index in [1.807, 2.05) is 0 Å². The van der Waals surface area contributed by atoms with E-state index in [9.17, 15) is 9.59 Å². The lowest BCUT2D eigenvalue weighted by Crippen LogP contribution is -2.42.